The molecule has 1 aliphatic rings. The van der Waals surface area contributed by atoms with Crippen LogP contribution in [0.25, 0.3) is 0 Å². The van der Waals surface area contributed by atoms with E-state index in [4.69, 9.17) is 4.99 Å². The van der Waals surface area contributed by atoms with E-state index in [1.54, 1.807) is 0 Å². The van der Waals surface area contributed by atoms with Gasteiger partial charge in [-0.15, -0.1) is 0 Å². The molecule has 0 aromatic heterocycles. The fraction of sp³-hybridized carbons (Fsp3) is 0.619. The summed E-state index contributed by atoms with van der Waals surface area (Å²) in [5.74, 6) is 1.11. The molecule has 6 heteroatoms. The number of para-hydroxylation sites is 1. The van der Waals surface area contributed by atoms with Gasteiger partial charge in [0.2, 0.25) is 5.91 Å². The third-order valence-corrected chi connectivity index (χ3v) is 4.90. The van der Waals surface area contributed by atoms with Crippen molar-refractivity contribution in [1.82, 2.24) is 15.5 Å². The summed E-state index contributed by atoms with van der Waals surface area (Å²) >= 11 is 0. The van der Waals surface area contributed by atoms with Crippen LogP contribution >= 0.6 is 0 Å². The number of hydrogen-bond donors (Lipinski definition) is 2. The molecule has 1 aliphatic heterocycles. The van der Waals surface area contributed by atoms with Crippen molar-refractivity contribution >= 4 is 17.6 Å². The Labute approximate surface area is 164 Å². The lowest BCUT2D eigenvalue weighted by molar-refractivity contribution is -0.129. The highest BCUT2D eigenvalue weighted by Gasteiger charge is 2.25. The first kappa shape index (κ1) is 21.1. The molecule has 2 N–H and O–H groups in total. The average molecular weight is 374 g/mol. The van der Waals surface area contributed by atoms with Crippen LogP contribution in [0, 0.1) is 0 Å². The number of unbranched alkanes of at least 4 members (excludes halogenated alkanes) is 1. The molecule has 1 aromatic rings. The van der Waals surface area contributed by atoms with Gasteiger partial charge in [0.05, 0.1) is 0 Å². The van der Waals surface area contributed by atoms with Gasteiger partial charge < -0.3 is 20.4 Å². The van der Waals surface area contributed by atoms with E-state index in [0.717, 1.165) is 57.9 Å². The second-order valence-corrected chi connectivity index (χ2v) is 7.05. The maximum Gasteiger partial charge on any atom is 0.222 e. The van der Waals surface area contributed by atoms with Crippen molar-refractivity contribution in [2.24, 2.45) is 4.99 Å². The van der Waals surface area contributed by atoms with Crippen LogP contribution in [0.3, 0.4) is 0 Å². The van der Waals surface area contributed by atoms with Crippen LogP contribution in [0.1, 0.15) is 39.5 Å². The number of amides is 1. The molecular formula is C21H35N5O. The predicted molar refractivity (Wildman–Crippen MR) is 113 cm³/mol. The van der Waals surface area contributed by atoms with Gasteiger partial charge in [0.15, 0.2) is 5.96 Å². The number of anilines is 1. The number of rotatable bonds is 9. The number of nitrogens with zero attached hydrogens (tertiary/aromatic N) is 3. The Kier molecular flexibility index (Phi) is 8.95. The summed E-state index contributed by atoms with van der Waals surface area (Å²) in [6.45, 7) is 8.29. The lowest BCUT2D eigenvalue weighted by atomic mass is 10.2. The Balaban J connectivity index is 1.71. The Morgan fingerprint density at radius 2 is 2.04 bits per heavy atom. The Morgan fingerprint density at radius 3 is 2.74 bits per heavy atom. The number of guanidine groups is 1. The van der Waals surface area contributed by atoms with Crippen LogP contribution < -0.4 is 15.5 Å². The van der Waals surface area contributed by atoms with Crippen LogP contribution in [-0.2, 0) is 4.79 Å². The summed E-state index contributed by atoms with van der Waals surface area (Å²) in [6.07, 6.45) is 3.73. The van der Waals surface area contributed by atoms with E-state index in [1.807, 2.05) is 17.9 Å². The summed E-state index contributed by atoms with van der Waals surface area (Å²) in [7, 11) is 2.13. The Morgan fingerprint density at radius 1 is 1.26 bits per heavy atom. The van der Waals surface area contributed by atoms with Gasteiger partial charge in [0.25, 0.3) is 0 Å². The number of carbonyl (C=O) groups excluding carboxylic acids is 1. The number of aliphatic imine (C=N–C) groups is 1. The summed E-state index contributed by atoms with van der Waals surface area (Å²) in [5, 5.41) is 6.80. The topological polar surface area (TPSA) is 60.0 Å². The maximum absolute atomic E-state index is 11.8. The van der Waals surface area contributed by atoms with Crippen LogP contribution in [0.5, 0.6) is 0 Å². The molecule has 6 nitrogen and oxygen atoms in total. The van der Waals surface area contributed by atoms with Gasteiger partial charge in [-0.2, -0.15) is 0 Å². The third-order valence-electron chi connectivity index (χ3n) is 4.90. The zero-order valence-corrected chi connectivity index (χ0v) is 17.1. The zero-order chi connectivity index (χ0) is 19.5. The van der Waals surface area contributed by atoms with E-state index < -0.39 is 0 Å². The first-order chi connectivity index (χ1) is 13.1. The SMILES string of the molecule is CCNC(=NCCCCN(C)c1ccccc1)NC1CCN(C(=O)CC)C1. The first-order valence-electron chi connectivity index (χ1n) is 10.2. The second-order valence-electron chi connectivity index (χ2n) is 7.05. The van der Waals surface area contributed by atoms with Crippen molar-refractivity contribution in [2.45, 2.75) is 45.6 Å². The molecule has 1 aromatic carbocycles. The fourth-order valence-electron chi connectivity index (χ4n) is 3.30. The van der Waals surface area contributed by atoms with Gasteiger partial charge in [0, 0.05) is 57.9 Å². The first-order valence-corrected chi connectivity index (χ1v) is 10.2. The van der Waals surface area contributed by atoms with Gasteiger partial charge >= 0.3 is 0 Å². The maximum atomic E-state index is 11.8. The average Bonchev–Trinajstić information content (AvgIpc) is 3.16. The second kappa shape index (κ2) is 11.5. The molecule has 2 rings (SSSR count). The highest BCUT2D eigenvalue weighted by Crippen LogP contribution is 2.12. The standard InChI is InChI=1S/C21H35N5O/c1-4-20(27)26-16-13-18(17-26)24-21(22-5-2)23-14-9-10-15-25(3)19-11-7-6-8-12-19/h6-8,11-12,18H,4-5,9-10,13-17H2,1-3H3,(H2,22,23,24). The molecule has 0 saturated carbocycles. The van der Waals surface area contributed by atoms with Gasteiger partial charge in [-0.1, -0.05) is 25.1 Å². The predicted octanol–water partition coefficient (Wildman–Crippen LogP) is 2.47. The molecule has 1 heterocycles. The quantitative estimate of drug-likeness (QED) is 0.397. The normalized spacial score (nSPS) is 17.1. The van der Waals surface area contributed by atoms with Gasteiger partial charge in [-0.25, -0.2) is 0 Å². The van der Waals surface area contributed by atoms with E-state index in [9.17, 15) is 4.79 Å². The van der Waals surface area contributed by atoms with E-state index in [-0.39, 0.29) is 5.91 Å². The minimum Gasteiger partial charge on any atom is -0.375 e. The number of carbonyl (C=O) groups is 1. The zero-order valence-electron chi connectivity index (χ0n) is 17.1. The lowest BCUT2D eigenvalue weighted by Crippen LogP contribution is -2.45. The lowest BCUT2D eigenvalue weighted by Gasteiger charge is -2.19. The highest BCUT2D eigenvalue weighted by atomic mass is 16.2. The monoisotopic (exact) mass is 373 g/mol. The highest BCUT2D eigenvalue weighted by molar-refractivity contribution is 5.80. The van der Waals surface area contributed by atoms with Gasteiger partial charge in [0.1, 0.15) is 0 Å². The minimum atomic E-state index is 0.240. The molecule has 0 aliphatic carbocycles. The number of hydrogen-bond acceptors (Lipinski definition) is 3. The van der Waals surface area contributed by atoms with Crippen molar-refractivity contribution in [3.05, 3.63) is 30.3 Å². The summed E-state index contributed by atoms with van der Waals surface area (Å²) in [6, 6.07) is 10.8. The number of likely N-dealkylation sites (tertiary alicyclic amines) is 1. The van der Waals surface area contributed by atoms with Crippen LogP contribution in [0.2, 0.25) is 0 Å². The van der Waals surface area contributed by atoms with Crippen molar-refractivity contribution < 1.29 is 4.79 Å². The van der Waals surface area contributed by atoms with Crippen LogP contribution in [-0.4, -0.2) is 62.6 Å². The molecule has 0 spiro atoms. The van der Waals surface area contributed by atoms with E-state index in [0.29, 0.717) is 12.5 Å². The number of benzene rings is 1. The molecule has 1 fully saturated rings. The molecule has 150 valence electrons. The molecule has 0 radical (unpaired) electrons. The molecule has 1 amide bonds. The van der Waals surface area contributed by atoms with Crippen molar-refractivity contribution in [3.63, 3.8) is 0 Å². The van der Waals surface area contributed by atoms with Crippen LogP contribution in [0.4, 0.5) is 5.69 Å². The molecule has 1 atom stereocenters. The third kappa shape index (κ3) is 7.12. The van der Waals surface area contributed by atoms with Gasteiger partial charge in [-0.3, -0.25) is 9.79 Å². The molecule has 27 heavy (non-hydrogen) atoms. The van der Waals surface area contributed by atoms with E-state index >= 15 is 0 Å². The largest absolute Gasteiger partial charge is 0.375 e. The van der Waals surface area contributed by atoms with Crippen molar-refractivity contribution in [2.75, 3.05) is 44.7 Å². The number of nitrogens with one attached hydrogen (secondary N) is 2. The van der Waals surface area contributed by atoms with Crippen molar-refractivity contribution in [3.8, 4) is 0 Å². The van der Waals surface area contributed by atoms with E-state index in [1.165, 1.54) is 5.69 Å². The summed E-state index contributed by atoms with van der Waals surface area (Å²) in [5.41, 5.74) is 1.25. The summed E-state index contributed by atoms with van der Waals surface area (Å²) in [4.78, 5) is 20.8. The van der Waals surface area contributed by atoms with Crippen LogP contribution in [0.15, 0.2) is 35.3 Å². The fourth-order valence-corrected chi connectivity index (χ4v) is 3.30. The Bertz CT molecular complexity index is 589. The van der Waals surface area contributed by atoms with Crippen molar-refractivity contribution in [1.29, 1.82) is 0 Å². The van der Waals surface area contributed by atoms with E-state index in [2.05, 4.69) is 53.8 Å². The molecule has 1 saturated heterocycles. The Hall–Kier alpha value is -2.24. The smallest absolute Gasteiger partial charge is 0.222 e. The van der Waals surface area contributed by atoms with Gasteiger partial charge in [-0.05, 0) is 38.3 Å². The molecule has 1 unspecified atom stereocenters. The summed E-state index contributed by atoms with van der Waals surface area (Å²) < 4.78 is 0. The molecule has 0 bridgehead atoms. The molecular weight excluding hydrogens is 338 g/mol. The minimum absolute atomic E-state index is 0.240.